The highest BCUT2D eigenvalue weighted by atomic mass is 19.4. The summed E-state index contributed by atoms with van der Waals surface area (Å²) < 4.78 is 49.3. The minimum Gasteiger partial charge on any atom is -0.477 e. The Hall–Kier alpha value is -4.13. The lowest BCUT2D eigenvalue weighted by molar-refractivity contribution is -0.163. The molecule has 13 heteroatoms. The number of carbonyl (C=O) groups is 3. The molecule has 4 rings (SSSR count). The van der Waals surface area contributed by atoms with Crippen LogP contribution in [0, 0.1) is 11.8 Å². The van der Waals surface area contributed by atoms with Crippen LogP contribution < -0.4 is 10.9 Å². The molecule has 2 aromatic rings. The number of ether oxygens (including phenoxy) is 1. The van der Waals surface area contributed by atoms with Crippen LogP contribution in [0.2, 0.25) is 0 Å². The number of aliphatic hydroxyl groups excluding tert-OH is 1. The molecule has 1 aromatic carbocycles. The Balaban J connectivity index is 1.43. The van der Waals surface area contributed by atoms with E-state index in [1.165, 1.54) is 25.1 Å². The molecule has 4 atom stereocenters. The Labute approximate surface area is 206 Å². The Morgan fingerprint density at radius 2 is 1.97 bits per heavy atom. The van der Waals surface area contributed by atoms with Crippen molar-refractivity contribution in [2.75, 3.05) is 11.9 Å². The molecule has 37 heavy (non-hydrogen) atoms. The molecule has 2 aliphatic rings. The lowest BCUT2D eigenvalue weighted by Crippen LogP contribution is -2.63. The molecule has 0 radical (unpaired) electrons. The zero-order valence-electron chi connectivity index (χ0n) is 19.4. The number of halogens is 3. The second kappa shape index (κ2) is 9.39. The molecular formula is C24H21F3N2O8. The van der Waals surface area contributed by atoms with Gasteiger partial charge in [-0.25, -0.2) is 14.4 Å². The second-order valence-corrected chi connectivity index (χ2v) is 8.68. The summed E-state index contributed by atoms with van der Waals surface area (Å²) in [6.07, 6.45) is -3.89. The molecule has 0 saturated carbocycles. The number of alkyl halides is 3. The van der Waals surface area contributed by atoms with Gasteiger partial charge in [-0.2, -0.15) is 13.2 Å². The Morgan fingerprint density at radius 3 is 2.59 bits per heavy atom. The normalized spacial score (nSPS) is 22.3. The van der Waals surface area contributed by atoms with Crippen LogP contribution in [0.3, 0.4) is 0 Å². The summed E-state index contributed by atoms with van der Waals surface area (Å²) in [5, 5.41) is 21.4. The Bertz CT molecular complexity index is 1410. The number of anilines is 1. The first-order valence-electron chi connectivity index (χ1n) is 11.0. The summed E-state index contributed by atoms with van der Waals surface area (Å²) in [7, 11) is 0. The van der Waals surface area contributed by atoms with Crippen molar-refractivity contribution < 1.29 is 46.9 Å². The molecule has 1 saturated heterocycles. The molecule has 1 fully saturated rings. The third-order valence-corrected chi connectivity index (χ3v) is 6.33. The smallest absolute Gasteiger partial charge is 0.417 e. The topological polar surface area (TPSA) is 146 Å². The van der Waals surface area contributed by atoms with Crippen LogP contribution in [0.15, 0.2) is 56.9 Å². The average Bonchev–Trinajstić information content (AvgIpc) is 3.03. The largest absolute Gasteiger partial charge is 0.477 e. The number of amides is 2. The minimum absolute atomic E-state index is 0.0105. The number of carbonyl (C=O) groups excluding carboxylic acids is 2. The third kappa shape index (κ3) is 4.69. The Kier molecular flexibility index (Phi) is 6.59. The van der Waals surface area contributed by atoms with Crippen molar-refractivity contribution in [2.24, 2.45) is 11.8 Å². The number of carboxylic acid groups (broad SMARTS) is 1. The SMILES string of the molecule is CC(O)[C@H]1C(=O)N2C(C(=O)O)=C(/C=C/COC(=O)Nc3ccc4c(C(F)(F)F)cc(=O)oc4c3)[C@H](C)[C@H]12. The first-order valence-corrected chi connectivity index (χ1v) is 11.0. The molecule has 1 aromatic heterocycles. The summed E-state index contributed by atoms with van der Waals surface area (Å²) in [5.41, 5.74) is -2.60. The predicted octanol–water partition coefficient (Wildman–Crippen LogP) is 3.11. The van der Waals surface area contributed by atoms with E-state index < -0.39 is 53.4 Å². The standard InChI is InChI=1S/C24H21F3N2O8/c1-10-13(20(22(33)34)29-19(10)18(11(2)30)21(29)32)4-3-7-36-23(35)28-12-5-6-14-15(24(25,26)27)9-17(31)37-16(14)8-12/h3-6,8-11,18-19,30H,7H2,1-2H3,(H,28,35)(H,33,34)/b4-3+/t10-,11?,18+,19+/m0/s1. The van der Waals surface area contributed by atoms with Gasteiger partial charge >= 0.3 is 23.9 Å². The number of nitrogens with zero attached hydrogens (tertiary/aromatic N) is 1. The van der Waals surface area contributed by atoms with Gasteiger partial charge in [0.15, 0.2) is 0 Å². The van der Waals surface area contributed by atoms with Crippen LogP contribution in [0.5, 0.6) is 0 Å². The van der Waals surface area contributed by atoms with Gasteiger partial charge < -0.3 is 24.3 Å². The van der Waals surface area contributed by atoms with E-state index >= 15 is 0 Å². The average molecular weight is 522 g/mol. The number of rotatable bonds is 6. The fourth-order valence-corrected chi connectivity index (χ4v) is 4.74. The fourth-order valence-electron chi connectivity index (χ4n) is 4.74. The van der Waals surface area contributed by atoms with Gasteiger partial charge in [0.05, 0.1) is 23.6 Å². The number of benzene rings is 1. The minimum atomic E-state index is -4.78. The van der Waals surface area contributed by atoms with Gasteiger partial charge in [0.2, 0.25) is 5.91 Å². The monoisotopic (exact) mass is 522 g/mol. The molecular weight excluding hydrogens is 501 g/mol. The molecule has 0 spiro atoms. The predicted molar refractivity (Wildman–Crippen MR) is 121 cm³/mol. The highest BCUT2D eigenvalue weighted by Crippen LogP contribution is 2.47. The van der Waals surface area contributed by atoms with Crippen molar-refractivity contribution in [1.82, 2.24) is 4.90 Å². The number of fused-ring (bicyclic) bond motifs is 2. The maximum atomic E-state index is 13.2. The van der Waals surface area contributed by atoms with E-state index in [2.05, 4.69) is 5.32 Å². The van der Waals surface area contributed by atoms with Crippen molar-refractivity contribution in [3.8, 4) is 0 Å². The summed E-state index contributed by atoms with van der Waals surface area (Å²) in [5.74, 6) is -2.88. The number of aliphatic carboxylic acids is 1. The van der Waals surface area contributed by atoms with Crippen LogP contribution in [-0.4, -0.2) is 51.8 Å². The molecule has 0 bridgehead atoms. The van der Waals surface area contributed by atoms with Crippen LogP contribution in [0.25, 0.3) is 11.0 Å². The van der Waals surface area contributed by atoms with Crippen LogP contribution in [-0.2, 0) is 20.5 Å². The summed E-state index contributed by atoms with van der Waals surface area (Å²) in [6.45, 7) is 2.89. The van der Waals surface area contributed by atoms with E-state index in [1.807, 2.05) is 0 Å². The van der Waals surface area contributed by atoms with E-state index in [0.29, 0.717) is 11.6 Å². The number of aliphatic hydroxyl groups is 1. The fraction of sp³-hybridized carbons (Fsp3) is 0.333. The van der Waals surface area contributed by atoms with Crippen molar-refractivity contribution in [1.29, 1.82) is 0 Å². The maximum Gasteiger partial charge on any atom is 0.417 e. The molecule has 196 valence electrons. The van der Waals surface area contributed by atoms with E-state index in [1.54, 1.807) is 6.92 Å². The summed E-state index contributed by atoms with van der Waals surface area (Å²) in [6, 6.07) is 3.12. The van der Waals surface area contributed by atoms with Crippen molar-refractivity contribution in [2.45, 2.75) is 32.2 Å². The highest BCUT2D eigenvalue weighted by Gasteiger charge is 2.59. The van der Waals surface area contributed by atoms with Crippen molar-refractivity contribution in [3.63, 3.8) is 0 Å². The molecule has 2 aliphatic heterocycles. The van der Waals surface area contributed by atoms with Gasteiger partial charge in [-0.1, -0.05) is 13.0 Å². The zero-order valence-corrected chi connectivity index (χ0v) is 19.4. The van der Waals surface area contributed by atoms with Gasteiger partial charge in [-0.3, -0.25) is 10.1 Å². The highest BCUT2D eigenvalue weighted by molar-refractivity contribution is 6.00. The molecule has 0 aliphatic carbocycles. The first-order chi connectivity index (χ1) is 17.3. The molecule has 3 N–H and O–H groups in total. The van der Waals surface area contributed by atoms with Crippen molar-refractivity contribution >= 4 is 34.6 Å². The Morgan fingerprint density at radius 1 is 1.27 bits per heavy atom. The van der Waals surface area contributed by atoms with Gasteiger partial charge in [-0.05, 0) is 30.7 Å². The molecule has 3 heterocycles. The van der Waals surface area contributed by atoms with Crippen molar-refractivity contribution in [3.05, 3.63) is 63.7 Å². The number of allylic oxidation sites excluding steroid dienone is 1. The van der Waals surface area contributed by atoms with Crippen LogP contribution >= 0.6 is 0 Å². The van der Waals surface area contributed by atoms with E-state index in [0.717, 1.165) is 17.0 Å². The number of carboxylic acids is 1. The van der Waals surface area contributed by atoms with Gasteiger partial charge in [0.1, 0.15) is 17.9 Å². The van der Waals surface area contributed by atoms with E-state index in [9.17, 15) is 42.6 Å². The third-order valence-electron chi connectivity index (χ3n) is 6.33. The molecule has 2 amide bonds. The molecule has 1 unspecified atom stereocenters. The van der Waals surface area contributed by atoms with Crippen LogP contribution in [0.4, 0.5) is 23.7 Å². The number of nitrogens with one attached hydrogen (secondary N) is 1. The van der Waals surface area contributed by atoms with E-state index in [4.69, 9.17) is 9.15 Å². The number of hydrogen-bond donors (Lipinski definition) is 3. The lowest BCUT2D eigenvalue weighted by atomic mass is 9.78. The van der Waals surface area contributed by atoms with E-state index in [-0.39, 0.29) is 34.9 Å². The van der Waals surface area contributed by atoms with Crippen LogP contribution in [0.1, 0.15) is 19.4 Å². The summed E-state index contributed by atoms with van der Waals surface area (Å²) in [4.78, 5) is 48.9. The zero-order chi connectivity index (χ0) is 27.2. The lowest BCUT2D eigenvalue weighted by Gasteiger charge is -2.46. The van der Waals surface area contributed by atoms with Gasteiger partial charge in [-0.15, -0.1) is 0 Å². The number of hydrogen-bond acceptors (Lipinski definition) is 7. The van der Waals surface area contributed by atoms with Gasteiger partial charge in [0.25, 0.3) is 0 Å². The first kappa shape index (κ1) is 25.9. The van der Waals surface area contributed by atoms with Gasteiger partial charge in [0, 0.05) is 29.1 Å². The maximum absolute atomic E-state index is 13.2. The second-order valence-electron chi connectivity index (χ2n) is 8.68. The molecule has 10 nitrogen and oxygen atoms in total. The quantitative estimate of drug-likeness (QED) is 0.388. The number of β-lactam (4-membered cyclic amide) rings is 1. The summed E-state index contributed by atoms with van der Waals surface area (Å²) >= 11 is 0.